The van der Waals surface area contributed by atoms with Gasteiger partial charge >= 0.3 is 0 Å². The zero-order valence-electron chi connectivity index (χ0n) is 16.1. The molecule has 3 amide bonds. The van der Waals surface area contributed by atoms with Crippen LogP contribution in [0.2, 0.25) is 0 Å². The Kier molecular flexibility index (Phi) is 9.19. The number of hydrogen-bond acceptors (Lipinski definition) is 6. The normalized spacial score (nSPS) is 13.6. The molecule has 0 fully saturated rings. The summed E-state index contributed by atoms with van der Waals surface area (Å²) in [7, 11) is 2.74. The van der Waals surface area contributed by atoms with Crippen LogP contribution in [0.15, 0.2) is 0 Å². The fourth-order valence-electron chi connectivity index (χ4n) is 2.56. The van der Waals surface area contributed by atoms with Gasteiger partial charge in [0.1, 0.15) is 12.1 Å². The molecule has 0 unspecified atom stereocenters. The number of carbonyl (C=O) groups is 3. The Hall–Kier alpha value is -2.23. The van der Waals surface area contributed by atoms with Crippen molar-refractivity contribution in [2.45, 2.75) is 64.1 Å². The molecule has 2 atom stereocenters. The molecule has 0 aromatic heterocycles. The minimum Gasteiger partial charge on any atom is -0.390 e. The van der Waals surface area contributed by atoms with E-state index in [9.17, 15) is 29.6 Å². The summed E-state index contributed by atoms with van der Waals surface area (Å²) < 4.78 is 0. The lowest BCUT2D eigenvalue weighted by Crippen LogP contribution is -2.55. The van der Waals surface area contributed by atoms with E-state index in [-0.39, 0.29) is 25.2 Å². The van der Waals surface area contributed by atoms with Gasteiger partial charge < -0.3 is 20.6 Å². The van der Waals surface area contributed by atoms with E-state index in [4.69, 9.17) is 5.73 Å². The number of amides is 3. The van der Waals surface area contributed by atoms with Crippen molar-refractivity contribution < 1.29 is 24.4 Å². The molecule has 0 saturated heterocycles. The maximum atomic E-state index is 12.9. The Morgan fingerprint density at radius 3 is 2.12 bits per heavy atom. The van der Waals surface area contributed by atoms with Gasteiger partial charge in [0.15, 0.2) is 0 Å². The van der Waals surface area contributed by atoms with Crippen LogP contribution in [0.3, 0.4) is 0 Å². The van der Waals surface area contributed by atoms with Crippen molar-refractivity contribution in [1.29, 1.82) is 0 Å². The van der Waals surface area contributed by atoms with Gasteiger partial charge in [-0.15, -0.1) is 0 Å². The third-order valence-corrected chi connectivity index (χ3v) is 4.03. The molecule has 0 bridgehead atoms. The first-order chi connectivity index (χ1) is 11.8. The second-order valence-electron chi connectivity index (χ2n) is 7.00. The van der Waals surface area contributed by atoms with Crippen molar-refractivity contribution in [3.05, 3.63) is 10.1 Å². The number of nitro groups is 1. The number of hydrogen-bond donors (Lipinski definition) is 2. The molecule has 3 N–H and O–H groups in total. The Morgan fingerprint density at radius 1 is 1.19 bits per heavy atom. The molecule has 0 spiro atoms. The maximum Gasteiger partial charge on any atom is 0.246 e. The van der Waals surface area contributed by atoms with Crippen molar-refractivity contribution in [3.63, 3.8) is 0 Å². The van der Waals surface area contributed by atoms with Crippen LogP contribution in [-0.2, 0) is 14.4 Å². The lowest BCUT2D eigenvalue weighted by Gasteiger charge is -2.35. The molecular formula is C16H30N4O6. The largest absolute Gasteiger partial charge is 0.390 e. The van der Waals surface area contributed by atoms with Crippen LogP contribution in [0.4, 0.5) is 0 Å². The molecule has 26 heavy (non-hydrogen) atoms. The van der Waals surface area contributed by atoms with Crippen molar-refractivity contribution in [2.24, 2.45) is 5.73 Å². The number of aliphatic hydroxyl groups is 1. The molecule has 150 valence electrons. The monoisotopic (exact) mass is 374 g/mol. The third-order valence-electron chi connectivity index (χ3n) is 4.03. The summed E-state index contributed by atoms with van der Waals surface area (Å²) in [6, 6.07) is -2.19. The van der Waals surface area contributed by atoms with Gasteiger partial charge in [0.05, 0.1) is 5.60 Å². The van der Waals surface area contributed by atoms with Crippen LogP contribution < -0.4 is 5.73 Å². The van der Waals surface area contributed by atoms with Crippen LogP contribution in [0.25, 0.3) is 0 Å². The molecule has 0 radical (unpaired) electrons. The van der Waals surface area contributed by atoms with Gasteiger partial charge in [-0.2, -0.15) is 0 Å². The highest BCUT2D eigenvalue weighted by Crippen LogP contribution is 2.18. The highest BCUT2D eigenvalue weighted by atomic mass is 16.6. The van der Waals surface area contributed by atoms with Crippen molar-refractivity contribution >= 4 is 17.7 Å². The number of carbonyl (C=O) groups excluding carboxylic acids is 3. The number of nitrogens with two attached hydrogens (primary N) is 1. The summed E-state index contributed by atoms with van der Waals surface area (Å²) in [4.78, 5) is 49.1. The molecule has 10 nitrogen and oxygen atoms in total. The van der Waals surface area contributed by atoms with Crippen LogP contribution in [0, 0.1) is 10.1 Å². The standard InChI is InChI=1S/C16H30N4O6/c1-6-7-13(21)18(4)11(8-9-20(25)26)15(23)19(5)12(14(17)22)10-16(2,3)24/h11-12,24H,6-10H2,1-5H3,(H2,17,22)/t11-,12-/m0/s1. The quantitative estimate of drug-likeness (QED) is 0.376. The molecule has 0 aliphatic heterocycles. The number of rotatable bonds is 11. The predicted octanol–water partition coefficient (Wildman–Crippen LogP) is -0.246. The molecule has 0 aromatic rings. The summed E-state index contributed by atoms with van der Waals surface area (Å²) in [6.45, 7) is 4.25. The first-order valence-corrected chi connectivity index (χ1v) is 8.47. The Morgan fingerprint density at radius 2 is 1.73 bits per heavy atom. The van der Waals surface area contributed by atoms with E-state index in [0.717, 1.165) is 4.90 Å². The SMILES string of the molecule is CCCC(=O)N(C)[C@@H](CC[N+](=O)[O-])C(=O)N(C)[C@@H](CC(C)(C)O)C(N)=O. The molecule has 0 rings (SSSR count). The first kappa shape index (κ1) is 23.8. The summed E-state index contributed by atoms with van der Waals surface area (Å²) in [5.74, 6) is -1.76. The molecule has 0 heterocycles. The fourth-order valence-corrected chi connectivity index (χ4v) is 2.56. The summed E-state index contributed by atoms with van der Waals surface area (Å²) in [5, 5.41) is 20.7. The topological polar surface area (TPSA) is 147 Å². The summed E-state index contributed by atoms with van der Waals surface area (Å²) >= 11 is 0. The average molecular weight is 374 g/mol. The maximum absolute atomic E-state index is 12.9. The van der Waals surface area contributed by atoms with E-state index in [2.05, 4.69) is 0 Å². The Balaban J connectivity index is 5.54. The lowest BCUT2D eigenvalue weighted by molar-refractivity contribution is -0.481. The second-order valence-corrected chi connectivity index (χ2v) is 7.00. The number of primary amides is 1. The molecule has 0 aliphatic carbocycles. The third kappa shape index (κ3) is 7.77. The zero-order chi connectivity index (χ0) is 20.7. The molecule has 0 aromatic carbocycles. The Bertz CT molecular complexity index is 531. The van der Waals surface area contributed by atoms with Crippen LogP contribution in [0.1, 0.15) is 46.5 Å². The van der Waals surface area contributed by atoms with E-state index >= 15 is 0 Å². The van der Waals surface area contributed by atoms with Crippen molar-refractivity contribution in [3.8, 4) is 0 Å². The summed E-state index contributed by atoms with van der Waals surface area (Å²) in [5.41, 5.74) is 4.10. The summed E-state index contributed by atoms with van der Waals surface area (Å²) in [6.07, 6.45) is 0.485. The highest BCUT2D eigenvalue weighted by molar-refractivity contribution is 5.91. The zero-order valence-corrected chi connectivity index (χ0v) is 16.1. The van der Waals surface area contributed by atoms with Crippen LogP contribution in [-0.4, -0.2) is 75.9 Å². The van der Waals surface area contributed by atoms with Gasteiger partial charge in [-0.25, -0.2) is 0 Å². The number of likely N-dealkylation sites (N-methyl/N-ethyl adjacent to an activating group) is 2. The Labute approximate surface area is 153 Å². The molecular weight excluding hydrogens is 344 g/mol. The lowest BCUT2D eigenvalue weighted by atomic mass is 9.97. The first-order valence-electron chi connectivity index (χ1n) is 8.47. The fraction of sp³-hybridized carbons (Fsp3) is 0.812. The minimum absolute atomic E-state index is 0.0981. The highest BCUT2D eigenvalue weighted by Gasteiger charge is 2.36. The average Bonchev–Trinajstić information content (AvgIpc) is 2.50. The minimum atomic E-state index is -1.26. The van der Waals surface area contributed by atoms with E-state index in [1.165, 1.54) is 32.8 Å². The van der Waals surface area contributed by atoms with E-state index in [0.29, 0.717) is 6.42 Å². The van der Waals surface area contributed by atoms with Gasteiger partial charge in [0.2, 0.25) is 24.3 Å². The van der Waals surface area contributed by atoms with Crippen LogP contribution in [0.5, 0.6) is 0 Å². The smallest absolute Gasteiger partial charge is 0.246 e. The number of nitrogens with zero attached hydrogens (tertiary/aromatic N) is 3. The predicted molar refractivity (Wildman–Crippen MR) is 94.6 cm³/mol. The van der Waals surface area contributed by atoms with E-state index < -0.39 is 41.0 Å². The van der Waals surface area contributed by atoms with Gasteiger partial charge in [-0.05, 0) is 20.3 Å². The van der Waals surface area contributed by atoms with E-state index in [1.54, 1.807) is 6.92 Å². The molecule has 10 heteroatoms. The van der Waals surface area contributed by atoms with Gasteiger partial charge in [-0.1, -0.05) is 6.92 Å². The van der Waals surface area contributed by atoms with E-state index in [1.807, 2.05) is 0 Å². The molecule has 0 aliphatic rings. The second kappa shape index (κ2) is 10.0. The van der Waals surface area contributed by atoms with Gasteiger partial charge in [0.25, 0.3) is 0 Å². The van der Waals surface area contributed by atoms with Crippen molar-refractivity contribution in [1.82, 2.24) is 9.80 Å². The van der Waals surface area contributed by atoms with Crippen LogP contribution >= 0.6 is 0 Å². The van der Waals surface area contributed by atoms with Gasteiger partial charge in [0, 0.05) is 38.3 Å². The van der Waals surface area contributed by atoms with Gasteiger partial charge in [-0.3, -0.25) is 24.5 Å². The molecule has 0 saturated carbocycles. The van der Waals surface area contributed by atoms with Crippen molar-refractivity contribution in [2.75, 3.05) is 20.6 Å².